The Hall–Kier alpha value is -3.88. The van der Waals surface area contributed by atoms with E-state index in [1.807, 2.05) is 39.0 Å². The molecule has 0 N–H and O–H groups in total. The molecular formula is C34H35F6NO4. The van der Waals surface area contributed by atoms with Crippen molar-refractivity contribution in [3.05, 3.63) is 88.2 Å². The highest BCUT2D eigenvalue weighted by Gasteiger charge is 2.72. The molecule has 0 atom stereocenters. The number of halogens is 6. The van der Waals surface area contributed by atoms with Gasteiger partial charge in [-0.1, -0.05) is 50.1 Å². The maximum Gasteiger partial charge on any atom is 0.438 e. The van der Waals surface area contributed by atoms with Gasteiger partial charge in [-0.05, 0) is 78.1 Å². The Morgan fingerprint density at radius 3 is 1.96 bits per heavy atom. The third kappa shape index (κ3) is 7.34. The van der Waals surface area contributed by atoms with E-state index in [0.29, 0.717) is 24.0 Å². The summed E-state index contributed by atoms with van der Waals surface area (Å²) in [4.78, 5) is 16.0. The van der Waals surface area contributed by atoms with Gasteiger partial charge < -0.3 is 14.2 Å². The number of nitrogens with zero attached hydrogens (tertiary/aromatic N) is 1. The summed E-state index contributed by atoms with van der Waals surface area (Å²) in [6.07, 6.45) is -6.99. The van der Waals surface area contributed by atoms with Crippen LogP contribution in [0.25, 0.3) is 11.1 Å². The number of hydrogen-bond acceptors (Lipinski definition) is 5. The summed E-state index contributed by atoms with van der Waals surface area (Å²) in [5.74, 6) is 3.04. The number of aromatic nitrogens is 1. The largest absolute Gasteiger partial charge is 0.469 e. The van der Waals surface area contributed by atoms with Crippen LogP contribution in [0.4, 0.5) is 26.3 Å². The Labute approximate surface area is 258 Å². The zero-order valence-electron chi connectivity index (χ0n) is 25.9. The first-order valence-corrected chi connectivity index (χ1v) is 14.1. The molecule has 3 aromatic rings. The van der Waals surface area contributed by atoms with E-state index in [1.54, 1.807) is 31.5 Å². The summed E-state index contributed by atoms with van der Waals surface area (Å²) >= 11 is 0. The second kappa shape index (κ2) is 14.0. The normalized spacial score (nSPS) is 12.4. The third-order valence-electron chi connectivity index (χ3n) is 8.01. The Bertz CT molecular complexity index is 1550. The highest BCUT2D eigenvalue weighted by Crippen LogP contribution is 2.46. The van der Waals surface area contributed by atoms with Crippen LogP contribution in [0.1, 0.15) is 60.1 Å². The van der Waals surface area contributed by atoms with Gasteiger partial charge in [-0.25, -0.2) is 0 Å². The number of carbonyl (C=O) groups excluding carboxylic acids is 1. The predicted octanol–water partition coefficient (Wildman–Crippen LogP) is 8.02. The average molecular weight is 636 g/mol. The first-order valence-electron chi connectivity index (χ1n) is 14.1. The second-order valence-electron chi connectivity index (χ2n) is 10.7. The van der Waals surface area contributed by atoms with Crippen LogP contribution in [0.3, 0.4) is 0 Å². The van der Waals surface area contributed by atoms with Crippen LogP contribution in [0.5, 0.6) is 0 Å². The minimum Gasteiger partial charge on any atom is -0.469 e. The number of aryl methyl sites for hydroxylation is 2. The van der Waals surface area contributed by atoms with Crippen molar-refractivity contribution in [1.29, 1.82) is 0 Å². The van der Waals surface area contributed by atoms with E-state index in [2.05, 4.69) is 26.4 Å². The first kappa shape index (κ1) is 35.6. The number of rotatable bonds is 10. The van der Waals surface area contributed by atoms with E-state index >= 15 is 0 Å². The third-order valence-corrected chi connectivity index (χ3v) is 8.01. The van der Waals surface area contributed by atoms with Crippen molar-refractivity contribution in [3.8, 4) is 23.0 Å². The van der Waals surface area contributed by atoms with Gasteiger partial charge in [-0.3, -0.25) is 9.78 Å². The molecule has 11 heteroatoms. The van der Waals surface area contributed by atoms with Crippen LogP contribution in [-0.4, -0.2) is 49.9 Å². The molecule has 0 aliphatic heterocycles. The van der Waals surface area contributed by atoms with Gasteiger partial charge in [-0.15, -0.1) is 0 Å². The molecule has 2 aromatic carbocycles. The fraction of sp³-hybridized carbons (Fsp3) is 0.412. The van der Waals surface area contributed by atoms with Crippen LogP contribution >= 0.6 is 0 Å². The van der Waals surface area contributed by atoms with Gasteiger partial charge in [-0.2, -0.15) is 26.3 Å². The zero-order chi connectivity index (χ0) is 33.6. The van der Waals surface area contributed by atoms with E-state index in [0.717, 1.165) is 34.9 Å². The lowest BCUT2D eigenvalue weighted by Gasteiger charge is -2.34. The molecule has 0 unspecified atom stereocenters. The van der Waals surface area contributed by atoms with E-state index in [1.165, 1.54) is 19.1 Å². The van der Waals surface area contributed by atoms with Gasteiger partial charge in [0.15, 0.2) is 0 Å². The molecule has 0 bridgehead atoms. The van der Waals surface area contributed by atoms with Crippen LogP contribution in [0, 0.1) is 25.7 Å². The summed E-state index contributed by atoms with van der Waals surface area (Å²) in [6.45, 7) is 6.33. The number of carbonyl (C=O) groups is 1. The van der Waals surface area contributed by atoms with Crippen LogP contribution in [-0.2, 0) is 30.8 Å². The van der Waals surface area contributed by atoms with Crippen LogP contribution in [0.2, 0.25) is 0 Å². The maximum absolute atomic E-state index is 13.7. The maximum atomic E-state index is 13.7. The van der Waals surface area contributed by atoms with Crippen molar-refractivity contribution >= 4 is 5.97 Å². The number of benzene rings is 2. The van der Waals surface area contributed by atoms with Gasteiger partial charge in [0.1, 0.15) is 6.79 Å². The summed E-state index contributed by atoms with van der Waals surface area (Å²) < 4.78 is 95.6. The molecule has 0 aliphatic rings. The SMILES string of the molecule is CCC(CC)(c1ccc(C#CC(OCOC)(C(F)(F)F)C(F)(F)F)c(C)c1)c1ccc(-c2cncc(CC(=O)OC)c2)c(C)c1. The number of pyridine rings is 1. The van der Waals surface area contributed by atoms with E-state index in [-0.39, 0.29) is 18.0 Å². The molecule has 0 saturated heterocycles. The topological polar surface area (TPSA) is 57.7 Å². The zero-order valence-corrected chi connectivity index (χ0v) is 25.9. The molecule has 0 amide bonds. The van der Waals surface area contributed by atoms with Crippen molar-refractivity contribution in [1.82, 2.24) is 4.98 Å². The number of esters is 1. The lowest BCUT2D eigenvalue weighted by atomic mass is 9.69. The van der Waals surface area contributed by atoms with Crippen LogP contribution < -0.4 is 0 Å². The molecule has 0 aliphatic carbocycles. The Balaban J connectivity index is 2.05. The number of methoxy groups -OCH3 is 2. The Kier molecular flexibility index (Phi) is 11.1. The van der Waals surface area contributed by atoms with Crippen LogP contribution in [0.15, 0.2) is 54.9 Å². The van der Waals surface area contributed by atoms with E-state index in [4.69, 9.17) is 4.74 Å². The van der Waals surface area contributed by atoms with Gasteiger partial charge in [0.25, 0.3) is 0 Å². The minimum atomic E-state index is -5.87. The van der Waals surface area contributed by atoms with Crippen molar-refractivity contribution in [3.63, 3.8) is 0 Å². The van der Waals surface area contributed by atoms with Crippen molar-refractivity contribution in [2.75, 3.05) is 21.0 Å². The van der Waals surface area contributed by atoms with Gasteiger partial charge in [0.05, 0.1) is 13.5 Å². The summed E-state index contributed by atoms with van der Waals surface area (Å²) in [7, 11) is 2.24. The molecule has 45 heavy (non-hydrogen) atoms. The predicted molar refractivity (Wildman–Crippen MR) is 157 cm³/mol. The summed E-state index contributed by atoms with van der Waals surface area (Å²) in [5.41, 5.74) is 0.468. The molecule has 1 aromatic heterocycles. The van der Waals surface area contributed by atoms with Crippen molar-refractivity contribution in [2.24, 2.45) is 0 Å². The first-order chi connectivity index (χ1) is 21.1. The summed E-state index contributed by atoms with van der Waals surface area (Å²) in [5, 5.41) is 0. The number of ether oxygens (including phenoxy) is 3. The lowest BCUT2D eigenvalue weighted by Crippen LogP contribution is -2.58. The van der Waals surface area contributed by atoms with E-state index in [9.17, 15) is 31.1 Å². The number of hydrogen-bond donors (Lipinski definition) is 0. The minimum absolute atomic E-state index is 0.00427. The fourth-order valence-corrected chi connectivity index (χ4v) is 5.40. The quantitative estimate of drug-likeness (QED) is 0.0978. The fourth-order valence-electron chi connectivity index (χ4n) is 5.40. The molecule has 242 valence electrons. The lowest BCUT2D eigenvalue weighted by molar-refractivity contribution is -0.368. The average Bonchev–Trinajstić information content (AvgIpc) is 2.98. The molecule has 0 saturated carbocycles. The standard InChI is InChI=1S/C34H35F6NO4/c1-7-31(8-2,28-11-12-29(23(4)16-28)26-17-24(19-41-20-26)18-30(42)44-6)27-10-9-25(22(3)15-27)13-14-32(33(35,36)37,34(38,39)40)45-21-43-5/h9-12,15-17,19-20H,7-8,18,21H2,1-6H3. The molecule has 0 spiro atoms. The molecular weight excluding hydrogens is 600 g/mol. The highest BCUT2D eigenvalue weighted by molar-refractivity contribution is 5.74. The molecule has 1 heterocycles. The van der Waals surface area contributed by atoms with Gasteiger partial charge >= 0.3 is 23.9 Å². The monoisotopic (exact) mass is 635 g/mol. The Morgan fingerprint density at radius 1 is 0.844 bits per heavy atom. The molecule has 5 nitrogen and oxygen atoms in total. The smallest absolute Gasteiger partial charge is 0.438 e. The van der Waals surface area contributed by atoms with Gasteiger partial charge in [0, 0.05) is 36.0 Å². The molecule has 0 radical (unpaired) electrons. The highest BCUT2D eigenvalue weighted by atomic mass is 19.4. The summed E-state index contributed by atoms with van der Waals surface area (Å²) in [6, 6.07) is 12.8. The van der Waals surface area contributed by atoms with Gasteiger partial charge in [0.2, 0.25) is 0 Å². The molecule has 3 rings (SSSR count). The van der Waals surface area contributed by atoms with E-state index < -0.39 is 30.2 Å². The molecule has 0 fully saturated rings. The number of alkyl halides is 6. The Morgan fingerprint density at radius 2 is 1.44 bits per heavy atom. The second-order valence-corrected chi connectivity index (χ2v) is 10.7. The van der Waals surface area contributed by atoms with Crippen molar-refractivity contribution < 1.29 is 45.3 Å². The van der Waals surface area contributed by atoms with Crippen molar-refractivity contribution in [2.45, 2.75) is 70.3 Å².